The molecule has 0 spiro atoms. The third kappa shape index (κ3) is 5.70. The van der Waals surface area contributed by atoms with Crippen LogP contribution in [0, 0.1) is 6.92 Å². The van der Waals surface area contributed by atoms with Crippen LogP contribution in [0.3, 0.4) is 0 Å². The van der Waals surface area contributed by atoms with E-state index in [9.17, 15) is 13.2 Å². The van der Waals surface area contributed by atoms with Gasteiger partial charge in [-0.05, 0) is 37.5 Å². The number of rotatable bonds is 6. The van der Waals surface area contributed by atoms with Crippen LogP contribution < -0.4 is 9.46 Å². The van der Waals surface area contributed by atoms with Crippen molar-refractivity contribution >= 4 is 43.5 Å². The van der Waals surface area contributed by atoms with Gasteiger partial charge in [-0.2, -0.15) is 0 Å². The molecular weight excluding hydrogens is 432 g/mol. The smallest absolute Gasteiger partial charge is 0.260 e. The Hall–Kier alpha value is -1.09. The number of piperidine rings is 1. The summed E-state index contributed by atoms with van der Waals surface area (Å²) in [5, 5.41) is 1.34. The van der Waals surface area contributed by atoms with Crippen molar-refractivity contribution in [2.24, 2.45) is 0 Å². The molecule has 2 rings (SSSR count). The predicted molar refractivity (Wildman–Crippen MR) is 101 cm³/mol. The molecule has 0 bridgehead atoms. The number of sulfonamides is 1. The topological polar surface area (TPSA) is 75.7 Å². The van der Waals surface area contributed by atoms with Crippen LogP contribution in [-0.4, -0.2) is 45.0 Å². The molecule has 1 aliphatic heterocycles. The van der Waals surface area contributed by atoms with Gasteiger partial charge in [0, 0.05) is 29.0 Å². The molecule has 0 radical (unpaired) electrons. The summed E-state index contributed by atoms with van der Waals surface area (Å²) in [7, 11) is -3.45. The average molecular weight is 452 g/mol. The quantitative estimate of drug-likeness (QED) is 0.721. The van der Waals surface area contributed by atoms with Gasteiger partial charge < -0.3 is 9.64 Å². The average Bonchev–Trinajstić information content (AvgIpc) is 2.57. The van der Waals surface area contributed by atoms with Crippen LogP contribution in [0.4, 0.5) is 0 Å². The van der Waals surface area contributed by atoms with Gasteiger partial charge in [-0.25, -0.2) is 13.1 Å². The Kier molecular flexibility index (Phi) is 6.90. The van der Waals surface area contributed by atoms with E-state index in [-0.39, 0.29) is 18.6 Å². The van der Waals surface area contributed by atoms with E-state index in [2.05, 4.69) is 27.2 Å². The molecule has 0 aromatic heterocycles. The Balaban J connectivity index is 1.85. The minimum Gasteiger partial charge on any atom is -0.482 e. The first-order valence-electron chi connectivity index (χ1n) is 7.73. The summed E-state index contributed by atoms with van der Waals surface area (Å²) >= 11 is 9.52. The number of nitrogens with one attached hydrogen (secondary N) is 1. The van der Waals surface area contributed by atoms with Crippen LogP contribution in [0.15, 0.2) is 28.6 Å². The highest BCUT2D eigenvalue weighted by Crippen LogP contribution is 2.31. The van der Waals surface area contributed by atoms with Crippen LogP contribution in [-0.2, 0) is 14.8 Å². The van der Waals surface area contributed by atoms with E-state index in [1.807, 2.05) is 6.92 Å². The lowest BCUT2D eigenvalue weighted by Gasteiger charge is -2.32. The first kappa shape index (κ1) is 20.2. The molecule has 1 aliphatic rings. The molecule has 1 N–H and O–H groups in total. The van der Waals surface area contributed by atoms with Crippen molar-refractivity contribution in [2.75, 3.05) is 19.7 Å². The molecule has 0 atom stereocenters. The van der Waals surface area contributed by atoms with Crippen LogP contribution in [0.1, 0.15) is 18.4 Å². The second-order valence-electron chi connectivity index (χ2n) is 5.81. The van der Waals surface area contributed by atoms with E-state index in [0.717, 1.165) is 15.4 Å². The van der Waals surface area contributed by atoms with Gasteiger partial charge in [-0.1, -0.05) is 34.1 Å². The van der Waals surface area contributed by atoms with Gasteiger partial charge in [0.25, 0.3) is 5.91 Å². The molecule has 1 saturated heterocycles. The fourth-order valence-corrected chi connectivity index (χ4v) is 3.89. The lowest BCUT2D eigenvalue weighted by Crippen LogP contribution is -2.47. The molecule has 0 saturated carbocycles. The first-order chi connectivity index (χ1) is 11.7. The first-order valence-corrected chi connectivity index (χ1v) is 10.4. The highest BCUT2D eigenvalue weighted by atomic mass is 79.9. The van der Waals surface area contributed by atoms with Gasteiger partial charge in [-0.3, -0.25) is 4.79 Å². The second-order valence-corrected chi connectivity index (χ2v) is 8.73. The number of halogens is 2. The fourth-order valence-electron chi connectivity index (χ4n) is 2.50. The molecule has 1 fully saturated rings. The third-order valence-corrected chi connectivity index (χ3v) is 6.21. The zero-order valence-corrected chi connectivity index (χ0v) is 17.0. The van der Waals surface area contributed by atoms with E-state index >= 15 is 0 Å². The molecule has 6 nitrogen and oxygen atoms in total. The summed E-state index contributed by atoms with van der Waals surface area (Å²) in [6.45, 7) is 6.01. The minimum absolute atomic E-state index is 0.113. The Morgan fingerprint density at radius 2 is 2.12 bits per heavy atom. The molecule has 1 heterocycles. The Morgan fingerprint density at radius 3 is 2.72 bits per heavy atom. The van der Waals surface area contributed by atoms with Gasteiger partial charge in [-0.15, -0.1) is 0 Å². The Labute approximate surface area is 161 Å². The number of hydrogen-bond donors (Lipinski definition) is 1. The maximum Gasteiger partial charge on any atom is 0.260 e. The largest absolute Gasteiger partial charge is 0.482 e. The van der Waals surface area contributed by atoms with Crippen molar-refractivity contribution in [3.8, 4) is 5.75 Å². The van der Waals surface area contributed by atoms with Crippen LogP contribution >= 0.6 is 27.5 Å². The van der Waals surface area contributed by atoms with E-state index in [1.165, 1.54) is 0 Å². The zero-order chi connectivity index (χ0) is 18.6. The SMILES string of the molecule is C=CS(=O)(=O)NC1CCN(C(=O)COc2cc(Br)c(C)cc2Cl)CC1. The molecular formula is C16H20BrClN2O4S. The van der Waals surface area contributed by atoms with Gasteiger partial charge >= 0.3 is 0 Å². The number of hydrogen-bond acceptors (Lipinski definition) is 4. The van der Waals surface area contributed by atoms with E-state index < -0.39 is 10.0 Å². The van der Waals surface area contributed by atoms with Crippen LogP contribution in [0.5, 0.6) is 5.75 Å². The van der Waals surface area contributed by atoms with Gasteiger partial charge in [0.1, 0.15) is 5.75 Å². The molecule has 1 aromatic carbocycles. The normalized spacial score (nSPS) is 15.9. The summed E-state index contributed by atoms with van der Waals surface area (Å²) in [5.74, 6) is 0.291. The maximum absolute atomic E-state index is 12.3. The number of ether oxygens (including phenoxy) is 1. The zero-order valence-electron chi connectivity index (χ0n) is 13.8. The van der Waals surface area contributed by atoms with Gasteiger partial charge in [0.15, 0.2) is 6.61 Å². The number of nitrogens with zero attached hydrogens (tertiary/aromatic N) is 1. The van der Waals surface area contributed by atoms with E-state index in [4.69, 9.17) is 16.3 Å². The van der Waals surface area contributed by atoms with E-state index in [1.54, 1.807) is 17.0 Å². The monoisotopic (exact) mass is 450 g/mol. The van der Waals surface area contributed by atoms with Crippen molar-refractivity contribution in [2.45, 2.75) is 25.8 Å². The molecule has 1 amide bonds. The number of carbonyl (C=O) groups is 1. The summed E-state index contributed by atoms with van der Waals surface area (Å²) in [4.78, 5) is 13.9. The summed E-state index contributed by atoms with van der Waals surface area (Å²) in [5.41, 5.74) is 0.979. The molecule has 0 aliphatic carbocycles. The summed E-state index contributed by atoms with van der Waals surface area (Å²) in [6.07, 6.45) is 1.10. The summed E-state index contributed by atoms with van der Waals surface area (Å²) in [6, 6.07) is 3.32. The van der Waals surface area contributed by atoms with Gasteiger partial charge in [0.05, 0.1) is 5.02 Å². The van der Waals surface area contributed by atoms with Crippen LogP contribution in [0.2, 0.25) is 5.02 Å². The third-order valence-electron chi connectivity index (χ3n) is 3.96. The predicted octanol–water partition coefficient (Wildman–Crippen LogP) is 2.84. The second kappa shape index (κ2) is 8.53. The molecule has 0 unspecified atom stereocenters. The van der Waals surface area contributed by atoms with Crippen molar-refractivity contribution in [1.29, 1.82) is 0 Å². The maximum atomic E-state index is 12.3. The molecule has 25 heavy (non-hydrogen) atoms. The van der Waals surface area contributed by atoms with Crippen molar-refractivity contribution in [3.05, 3.63) is 39.2 Å². The highest BCUT2D eigenvalue weighted by Gasteiger charge is 2.25. The molecule has 9 heteroatoms. The Bertz CT molecular complexity index is 762. The lowest BCUT2D eigenvalue weighted by atomic mass is 10.1. The number of benzene rings is 1. The number of carbonyl (C=O) groups excluding carboxylic acids is 1. The molecule has 138 valence electrons. The number of likely N-dealkylation sites (tertiary alicyclic amines) is 1. The molecule has 1 aromatic rings. The highest BCUT2D eigenvalue weighted by molar-refractivity contribution is 9.10. The minimum atomic E-state index is -3.45. The number of aryl methyl sites for hydroxylation is 1. The fraction of sp³-hybridized carbons (Fsp3) is 0.438. The van der Waals surface area contributed by atoms with Crippen molar-refractivity contribution in [3.63, 3.8) is 0 Å². The van der Waals surface area contributed by atoms with Crippen molar-refractivity contribution < 1.29 is 17.9 Å². The van der Waals surface area contributed by atoms with Crippen LogP contribution in [0.25, 0.3) is 0 Å². The van der Waals surface area contributed by atoms with E-state index in [0.29, 0.717) is 36.7 Å². The van der Waals surface area contributed by atoms with Crippen molar-refractivity contribution in [1.82, 2.24) is 9.62 Å². The number of amides is 1. The van der Waals surface area contributed by atoms with Gasteiger partial charge in [0.2, 0.25) is 10.0 Å². The summed E-state index contributed by atoms with van der Waals surface area (Å²) < 4.78 is 31.9. The lowest BCUT2D eigenvalue weighted by molar-refractivity contribution is -0.134. The Morgan fingerprint density at radius 1 is 1.48 bits per heavy atom. The standard InChI is InChI=1S/C16H20BrClN2O4S/c1-3-25(22,23)19-12-4-6-20(7-5-12)16(21)10-24-15-9-13(17)11(2)8-14(15)18/h3,8-9,12,19H,1,4-7,10H2,2H3.